The molecule has 0 fully saturated rings. The first kappa shape index (κ1) is 14.1. The molecule has 0 spiro atoms. The van der Waals surface area contributed by atoms with Crippen molar-refractivity contribution in [2.24, 2.45) is 0 Å². The lowest BCUT2D eigenvalue weighted by Gasteiger charge is -2.19. The maximum atomic E-state index is 13.2. The zero-order valence-corrected chi connectivity index (χ0v) is 12.8. The maximum Gasteiger partial charge on any atom is 0.131 e. The Kier molecular flexibility index (Phi) is 3.95. The Morgan fingerprint density at radius 2 is 1.58 bits per heavy atom. The van der Waals surface area contributed by atoms with Crippen molar-refractivity contribution < 1.29 is 9.13 Å². The molecule has 0 heterocycles. The lowest BCUT2D eigenvalue weighted by atomic mass is 9.87. The van der Waals surface area contributed by atoms with Crippen LogP contribution in [-0.4, -0.2) is 0 Å². The Labute approximate surface area is 121 Å². The lowest BCUT2D eigenvalue weighted by Crippen LogP contribution is -2.10. The minimum atomic E-state index is -0.323. The summed E-state index contributed by atoms with van der Waals surface area (Å²) in [6, 6.07) is 12.4. The van der Waals surface area contributed by atoms with Crippen LogP contribution in [-0.2, 0) is 5.41 Å². The van der Waals surface area contributed by atoms with E-state index in [9.17, 15) is 4.39 Å². The number of benzene rings is 2. The molecule has 0 radical (unpaired) electrons. The molecule has 0 aliphatic carbocycles. The molecule has 2 aromatic carbocycles. The first-order valence-electron chi connectivity index (χ1n) is 6.09. The SMILES string of the molecule is CC(C)(C)c1ccc(Oc2cc(F)cc(Br)c2)cc1. The zero-order valence-electron chi connectivity index (χ0n) is 11.2. The quantitative estimate of drug-likeness (QED) is 0.691. The Morgan fingerprint density at radius 1 is 0.947 bits per heavy atom. The molecule has 0 saturated carbocycles. The summed E-state index contributed by atoms with van der Waals surface area (Å²) in [5.41, 5.74) is 1.35. The predicted octanol–water partition coefficient (Wildman–Crippen LogP) is 5.68. The van der Waals surface area contributed by atoms with E-state index in [2.05, 4.69) is 36.7 Å². The van der Waals surface area contributed by atoms with Gasteiger partial charge < -0.3 is 4.74 Å². The van der Waals surface area contributed by atoms with E-state index in [-0.39, 0.29) is 11.2 Å². The number of hydrogen-bond acceptors (Lipinski definition) is 1. The van der Waals surface area contributed by atoms with Gasteiger partial charge in [0.1, 0.15) is 17.3 Å². The third kappa shape index (κ3) is 3.80. The van der Waals surface area contributed by atoms with Gasteiger partial charge in [-0.25, -0.2) is 4.39 Å². The van der Waals surface area contributed by atoms with Crippen LogP contribution in [0.5, 0.6) is 11.5 Å². The van der Waals surface area contributed by atoms with Crippen LogP contribution in [0.2, 0.25) is 0 Å². The summed E-state index contributed by atoms with van der Waals surface area (Å²) in [5, 5.41) is 0. The van der Waals surface area contributed by atoms with Gasteiger partial charge in [-0.15, -0.1) is 0 Å². The molecule has 19 heavy (non-hydrogen) atoms. The van der Waals surface area contributed by atoms with Gasteiger partial charge in [-0.1, -0.05) is 48.8 Å². The van der Waals surface area contributed by atoms with E-state index in [1.165, 1.54) is 17.7 Å². The van der Waals surface area contributed by atoms with Gasteiger partial charge in [0, 0.05) is 10.5 Å². The van der Waals surface area contributed by atoms with Gasteiger partial charge in [-0.3, -0.25) is 0 Å². The Balaban J connectivity index is 2.20. The Bertz CT molecular complexity index is 550. The summed E-state index contributed by atoms with van der Waals surface area (Å²) in [7, 11) is 0. The summed E-state index contributed by atoms with van der Waals surface area (Å²) >= 11 is 3.24. The second kappa shape index (κ2) is 5.33. The van der Waals surface area contributed by atoms with Gasteiger partial charge in [0.15, 0.2) is 0 Å². The zero-order chi connectivity index (χ0) is 14.0. The third-order valence-electron chi connectivity index (χ3n) is 2.79. The molecule has 0 unspecified atom stereocenters. The first-order chi connectivity index (χ1) is 8.84. The van der Waals surface area contributed by atoms with Gasteiger partial charge in [-0.05, 0) is 35.2 Å². The number of rotatable bonds is 2. The van der Waals surface area contributed by atoms with Gasteiger partial charge in [0.25, 0.3) is 0 Å². The van der Waals surface area contributed by atoms with Crippen LogP contribution < -0.4 is 4.74 Å². The van der Waals surface area contributed by atoms with E-state index in [1.54, 1.807) is 6.07 Å². The normalized spacial score (nSPS) is 11.4. The predicted molar refractivity (Wildman–Crippen MR) is 79.3 cm³/mol. The van der Waals surface area contributed by atoms with E-state index in [1.807, 2.05) is 24.3 Å². The fourth-order valence-corrected chi connectivity index (χ4v) is 2.19. The fraction of sp³-hybridized carbons (Fsp3) is 0.250. The smallest absolute Gasteiger partial charge is 0.131 e. The summed E-state index contributed by atoms with van der Waals surface area (Å²) in [5.74, 6) is 0.858. The third-order valence-corrected chi connectivity index (χ3v) is 3.25. The number of ether oxygens (including phenoxy) is 1. The van der Waals surface area contributed by atoms with Crippen LogP contribution in [0.1, 0.15) is 26.3 Å². The molecule has 0 bridgehead atoms. The summed E-state index contributed by atoms with van der Waals surface area (Å²) in [6.45, 7) is 6.48. The summed E-state index contributed by atoms with van der Waals surface area (Å²) in [4.78, 5) is 0. The molecular formula is C16H16BrFO. The molecular weight excluding hydrogens is 307 g/mol. The van der Waals surface area contributed by atoms with E-state index < -0.39 is 0 Å². The molecule has 0 aliphatic heterocycles. The minimum absolute atomic E-state index is 0.112. The molecule has 0 N–H and O–H groups in total. The molecule has 2 rings (SSSR count). The highest BCUT2D eigenvalue weighted by molar-refractivity contribution is 9.10. The number of halogens is 2. The molecule has 0 saturated heterocycles. The van der Waals surface area contributed by atoms with Crippen LogP contribution in [0.3, 0.4) is 0 Å². The van der Waals surface area contributed by atoms with Crippen molar-refractivity contribution >= 4 is 15.9 Å². The van der Waals surface area contributed by atoms with Crippen molar-refractivity contribution in [1.82, 2.24) is 0 Å². The highest BCUT2D eigenvalue weighted by Crippen LogP contribution is 2.28. The summed E-state index contributed by atoms with van der Waals surface area (Å²) in [6.07, 6.45) is 0. The van der Waals surface area contributed by atoms with E-state index in [4.69, 9.17) is 4.74 Å². The largest absolute Gasteiger partial charge is 0.457 e. The molecule has 0 atom stereocenters. The van der Waals surface area contributed by atoms with Crippen LogP contribution in [0.15, 0.2) is 46.9 Å². The Hall–Kier alpha value is -1.35. The van der Waals surface area contributed by atoms with E-state index in [0.717, 1.165) is 0 Å². The molecule has 0 aromatic heterocycles. The van der Waals surface area contributed by atoms with E-state index >= 15 is 0 Å². The van der Waals surface area contributed by atoms with Crippen LogP contribution in [0.25, 0.3) is 0 Å². The topological polar surface area (TPSA) is 9.23 Å². The van der Waals surface area contributed by atoms with Gasteiger partial charge in [0.05, 0.1) is 0 Å². The van der Waals surface area contributed by atoms with Crippen molar-refractivity contribution in [3.8, 4) is 11.5 Å². The summed E-state index contributed by atoms with van der Waals surface area (Å²) < 4.78 is 19.5. The standard InChI is InChI=1S/C16H16BrFO/c1-16(2,3)11-4-6-14(7-5-11)19-15-9-12(17)8-13(18)10-15/h4-10H,1-3H3. The van der Waals surface area contributed by atoms with Crippen LogP contribution in [0, 0.1) is 5.82 Å². The first-order valence-corrected chi connectivity index (χ1v) is 6.88. The average molecular weight is 323 g/mol. The molecule has 3 heteroatoms. The molecule has 100 valence electrons. The van der Waals surface area contributed by atoms with Gasteiger partial charge in [0.2, 0.25) is 0 Å². The molecule has 0 amide bonds. The van der Waals surface area contributed by atoms with Crippen molar-refractivity contribution in [1.29, 1.82) is 0 Å². The highest BCUT2D eigenvalue weighted by atomic mass is 79.9. The van der Waals surface area contributed by atoms with Crippen LogP contribution in [0.4, 0.5) is 4.39 Å². The number of hydrogen-bond donors (Lipinski definition) is 0. The highest BCUT2D eigenvalue weighted by Gasteiger charge is 2.13. The molecule has 2 aromatic rings. The lowest BCUT2D eigenvalue weighted by molar-refractivity contribution is 0.475. The van der Waals surface area contributed by atoms with Crippen molar-refractivity contribution in [3.63, 3.8) is 0 Å². The van der Waals surface area contributed by atoms with Crippen molar-refractivity contribution in [3.05, 3.63) is 58.3 Å². The second-order valence-corrected chi connectivity index (χ2v) is 6.40. The maximum absolute atomic E-state index is 13.2. The van der Waals surface area contributed by atoms with Crippen LogP contribution >= 0.6 is 15.9 Å². The Morgan fingerprint density at radius 3 is 2.11 bits per heavy atom. The van der Waals surface area contributed by atoms with E-state index in [0.29, 0.717) is 16.0 Å². The second-order valence-electron chi connectivity index (χ2n) is 5.48. The van der Waals surface area contributed by atoms with Gasteiger partial charge >= 0.3 is 0 Å². The van der Waals surface area contributed by atoms with Gasteiger partial charge in [-0.2, -0.15) is 0 Å². The molecule has 1 nitrogen and oxygen atoms in total. The molecule has 0 aliphatic rings. The monoisotopic (exact) mass is 322 g/mol. The average Bonchev–Trinajstić information content (AvgIpc) is 2.26. The fourth-order valence-electron chi connectivity index (χ4n) is 1.75. The minimum Gasteiger partial charge on any atom is -0.457 e. The van der Waals surface area contributed by atoms with Crippen molar-refractivity contribution in [2.45, 2.75) is 26.2 Å². The van der Waals surface area contributed by atoms with Crippen molar-refractivity contribution in [2.75, 3.05) is 0 Å².